The van der Waals surface area contributed by atoms with Crippen molar-refractivity contribution in [3.63, 3.8) is 0 Å². The lowest BCUT2D eigenvalue weighted by Gasteiger charge is -2.19. The molecule has 0 spiro atoms. The Morgan fingerprint density at radius 1 is 1.05 bits per heavy atom. The van der Waals surface area contributed by atoms with Gasteiger partial charge in [0, 0.05) is 29.8 Å². The van der Waals surface area contributed by atoms with Gasteiger partial charge in [-0.2, -0.15) is 0 Å². The van der Waals surface area contributed by atoms with Gasteiger partial charge >= 0.3 is 5.97 Å². The Bertz CT molecular complexity index is 1640. The highest BCUT2D eigenvalue weighted by Gasteiger charge is 2.27. The number of nitrogens with zero attached hydrogens (tertiary/aromatic N) is 4. The predicted octanol–water partition coefficient (Wildman–Crippen LogP) is 6.48. The van der Waals surface area contributed by atoms with Crippen LogP contribution in [0.25, 0.3) is 33.5 Å². The maximum Gasteiger partial charge on any atom is 0.338 e. The summed E-state index contributed by atoms with van der Waals surface area (Å²) in [6.45, 7) is 7.10. The molecule has 0 saturated heterocycles. The van der Waals surface area contributed by atoms with E-state index >= 15 is 0 Å². The van der Waals surface area contributed by atoms with Crippen LogP contribution < -0.4 is 4.74 Å². The average Bonchev–Trinajstić information content (AvgIpc) is 3.55. The van der Waals surface area contributed by atoms with E-state index in [-0.39, 0.29) is 0 Å². The molecule has 3 aromatic heterocycles. The van der Waals surface area contributed by atoms with Crippen molar-refractivity contribution in [1.29, 1.82) is 0 Å². The summed E-state index contributed by atoms with van der Waals surface area (Å²) in [6.07, 6.45) is 6.16. The molecule has 0 radical (unpaired) electrons. The van der Waals surface area contributed by atoms with Crippen LogP contribution in [0, 0.1) is 5.92 Å². The van der Waals surface area contributed by atoms with E-state index in [4.69, 9.17) is 14.5 Å². The lowest BCUT2D eigenvalue weighted by Crippen LogP contribution is -2.23. The average molecular weight is 509 g/mol. The van der Waals surface area contributed by atoms with Crippen LogP contribution >= 0.6 is 0 Å². The minimum atomic E-state index is -0.603. The fourth-order valence-corrected chi connectivity index (χ4v) is 5.02. The van der Waals surface area contributed by atoms with Gasteiger partial charge in [0.2, 0.25) is 0 Å². The fraction of sp³-hybridized carbons (Fsp3) is 0.323. The van der Waals surface area contributed by atoms with Gasteiger partial charge in [0.25, 0.3) is 0 Å². The summed E-state index contributed by atoms with van der Waals surface area (Å²) in [5, 5.41) is 1.18. The number of carbonyl (C=O) groups is 1. The molecule has 1 saturated carbocycles. The number of imidazole rings is 1. The number of rotatable bonds is 7. The quantitative estimate of drug-likeness (QED) is 0.236. The Morgan fingerprint density at radius 3 is 2.58 bits per heavy atom. The normalized spacial score (nSPS) is 13.8. The zero-order valence-corrected chi connectivity index (χ0v) is 22.3. The van der Waals surface area contributed by atoms with Gasteiger partial charge < -0.3 is 18.6 Å². The predicted molar refractivity (Wildman–Crippen MR) is 148 cm³/mol. The molecule has 2 aromatic carbocycles. The summed E-state index contributed by atoms with van der Waals surface area (Å²) in [6, 6.07) is 18.3. The molecule has 0 amide bonds. The van der Waals surface area contributed by atoms with Gasteiger partial charge in [0.05, 0.1) is 30.4 Å². The van der Waals surface area contributed by atoms with E-state index < -0.39 is 11.6 Å². The second kappa shape index (κ2) is 9.31. The number of carbonyl (C=O) groups excluding carboxylic acids is 1. The van der Waals surface area contributed by atoms with Gasteiger partial charge in [-0.05, 0) is 75.4 Å². The second-order valence-electron chi connectivity index (χ2n) is 11.1. The first-order valence-corrected chi connectivity index (χ1v) is 13.1. The largest absolute Gasteiger partial charge is 0.494 e. The van der Waals surface area contributed by atoms with Gasteiger partial charge in [-0.25, -0.2) is 9.78 Å². The van der Waals surface area contributed by atoms with Gasteiger partial charge in [-0.1, -0.05) is 24.3 Å². The third-order valence-electron chi connectivity index (χ3n) is 6.90. The molecule has 1 aliphatic carbocycles. The Hall–Kier alpha value is -4.13. The van der Waals surface area contributed by atoms with Gasteiger partial charge in [0.15, 0.2) is 5.82 Å². The number of para-hydroxylation sites is 1. The van der Waals surface area contributed by atoms with Crippen molar-refractivity contribution in [3.8, 4) is 17.3 Å². The molecule has 1 aliphatic rings. The zero-order chi connectivity index (χ0) is 26.4. The van der Waals surface area contributed by atoms with E-state index in [1.165, 1.54) is 23.7 Å². The van der Waals surface area contributed by atoms with Crippen LogP contribution in [0.15, 0.2) is 67.0 Å². The maximum absolute atomic E-state index is 13.0. The van der Waals surface area contributed by atoms with Crippen LogP contribution in [-0.4, -0.2) is 37.8 Å². The number of esters is 1. The van der Waals surface area contributed by atoms with Crippen molar-refractivity contribution in [3.05, 3.63) is 78.1 Å². The summed E-state index contributed by atoms with van der Waals surface area (Å²) in [5.74, 6) is 1.70. The van der Waals surface area contributed by atoms with Crippen LogP contribution in [0.3, 0.4) is 0 Å². The summed E-state index contributed by atoms with van der Waals surface area (Å²) in [4.78, 5) is 22.5. The number of ether oxygens (including phenoxy) is 2. The van der Waals surface area contributed by atoms with Crippen LogP contribution in [0.4, 0.5) is 0 Å². The van der Waals surface area contributed by atoms with E-state index in [1.807, 2.05) is 39.1 Å². The molecule has 194 valence electrons. The molecular formula is C31H32N4O3. The first kappa shape index (κ1) is 24.2. The molecule has 38 heavy (non-hydrogen) atoms. The molecule has 5 aromatic rings. The Morgan fingerprint density at radius 2 is 1.87 bits per heavy atom. The van der Waals surface area contributed by atoms with Gasteiger partial charge in [-0.15, -0.1) is 0 Å². The minimum absolute atomic E-state index is 0.399. The number of methoxy groups -OCH3 is 1. The molecule has 1 fully saturated rings. The second-order valence-corrected chi connectivity index (χ2v) is 11.1. The molecule has 0 unspecified atom stereocenters. The third kappa shape index (κ3) is 4.64. The van der Waals surface area contributed by atoms with E-state index in [0.29, 0.717) is 29.3 Å². The molecule has 3 heterocycles. The van der Waals surface area contributed by atoms with Crippen LogP contribution in [-0.2, 0) is 17.8 Å². The van der Waals surface area contributed by atoms with Gasteiger partial charge in [-0.3, -0.25) is 4.98 Å². The highest BCUT2D eigenvalue weighted by atomic mass is 16.6. The minimum Gasteiger partial charge on any atom is -0.494 e. The van der Waals surface area contributed by atoms with Crippen molar-refractivity contribution in [2.75, 3.05) is 7.11 Å². The first-order valence-electron chi connectivity index (χ1n) is 13.1. The van der Waals surface area contributed by atoms with Crippen molar-refractivity contribution in [2.24, 2.45) is 5.92 Å². The SMILES string of the molecule is COc1cc(C(=O)OC(C)(C)C)cc2nc(-c3cc4ccccc4n3CC3CC3)n(Cc3cccnc3)c12. The molecule has 0 aliphatic heterocycles. The van der Waals surface area contributed by atoms with Crippen molar-refractivity contribution in [2.45, 2.75) is 52.3 Å². The molecule has 0 atom stereocenters. The van der Waals surface area contributed by atoms with E-state index in [2.05, 4.69) is 50.5 Å². The maximum atomic E-state index is 13.0. The summed E-state index contributed by atoms with van der Waals surface area (Å²) >= 11 is 0. The monoisotopic (exact) mass is 508 g/mol. The number of aromatic nitrogens is 4. The van der Waals surface area contributed by atoms with E-state index in [1.54, 1.807) is 19.4 Å². The Kier molecular flexibility index (Phi) is 5.94. The van der Waals surface area contributed by atoms with Crippen LogP contribution in [0.1, 0.15) is 49.5 Å². The highest BCUT2D eigenvalue weighted by Crippen LogP contribution is 2.38. The molecule has 0 N–H and O–H groups in total. The lowest BCUT2D eigenvalue weighted by molar-refractivity contribution is 0.00693. The number of hydrogen-bond acceptors (Lipinski definition) is 5. The van der Waals surface area contributed by atoms with Crippen molar-refractivity contribution < 1.29 is 14.3 Å². The number of benzene rings is 2. The number of fused-ring (bicyclic) bond motifs is 2. The summed E-state index contributed by atoms with van der Waals surface area (Å²) in [5.41, 5.74) is 4.65. The summed E-state index contributed by atoms with van der Waals surface area (Å²) in [7, 11) is 1.62. The Labute approximate surface area is 222 Å². The van der Waals surface area contributed by atoms with Gasteiger partial charge in [0.1, 0.15) is 16.9 Å². The molecule has 7 nitrogen and oxygen atoms in total. The lowest BCUT2D eigenvalue weighted by atomic mass is 10.1. The molecule has 6 rings (SSSR count). The van der Waals surface area contributed by atoms with Crippen LogP contribution in [0.2, 0.25) is 0 Å². The Balaban J connectivity index is 1.59. The van der Waals surface area contributed by atoms with Crippen molar-refractivity contribution >= 4 is 27.9 Å². The van der Waals surface area contributed by atoms with E-state index in [9.17, 15) is 4.79 Å². The summed E-state index contributed by atoms with van der Waals surface area (Å²) < 4.78 is 16.1. The topological polar surface area (TPSA) is 71.2 Å². The highest BCUT2D eigenvalue weighted by molar-refractivity contribution is 5.98. The van der Waals surface area contributed by atoms with Crippen molar-refractivity contribution in [1.82, 2.24) is 19.1 Å². The first-order chi connectivity index (χ1) is 18.3. The fourth-order valence-electron chi connectivity index (χ4n) is 5.02. The molecule has 7 heteroatoms. The van der Waals surface area contributed by atoms with E-state index in [0.717, 1.165) is 29.1 Å². The number of hydrogen-bond donors (Lipinski definition) is 0. The number of pyridine rings is 1. The third-order valence-corrected chi connectivity index (χ3v) is 6.90. The molecule has 0 bridgehead atoms. The molecular weight excluding hydrogens is 476 g/mol. The zero-order valence-electron chi connectivity index (χ0n) is 22.3. The smallest absolute Gasteiger partial charge is 0.338 e. The van der Waals surface area contributed by atoms with Crippen LogP contribution in [0.5, 0.6) is 5.75 Å². The standard InChI is InChI=1S/C31H32N4O3/c1-31(2,3)38-30(36)23-14-24-28(27(16-23)37-4)35(19-21-8-7-13-32-17-21)29(33-24)26-15-22-9-5-6-10-25(22)34(26)18-20-11-12-20/h5-10,13-17,20H,11-12,18-19H2,1-4H3.